The number of hydrogen-bond acceptors (Lipinski definition) is 7. The van der Waals surface area contributed by atoms with E-state index in [0.717, 1.165) is 0 Å². The fraction of sp³-hybridized carbons (Fsp3) is 0.923. The third-order valence-corrected chi connectivity index (χ3v) is 3.31. The van der Waals surface area contributed by atoms with Crippen LogP contribution in [0.25, 0.3) is 0 Å². The molecule has 2 aliphatic heterocycles. The van der Waals surface area contributed by atoms with Crippen LogP contribution >= 0.6 is 0 Å². The molecule has 2 aliphatic rings. The first-order valence-corrected chi connectivity index (χ1v) is 6.87. The van der Waals surface area contributed by atoms with E-state index >= 15 is 0 Å². The highest BCUT2D eigenvalue weighted by molar-refractivity contribution is 5.69. The topological polar surface area (TPSA) is 94.5 Å². The second kappa shape index (κ2) is 5.95. The Balaban J connectivity index is 2.10. The molecular formula is C13H22O7. The van der Waals surface area contributed by atoms with Crippen LogP contribution < -0.4 is 0 Å². The van der Waals surface area contributed by atoms with Gasteiger partial charge in [-0.05, 0) is 20.3 Å². The van der Waals surface area contributed by atoms with Crippen molar-refractivity contribution in [1.82, 2.24) is 0 Å². The second-order valence-corrected chi connectivity index (χ2v) is 5.52. The molecule has 7 heteroatoms. The fourth-order valence-corrected chi connectivity index (χ4v) is 2.47. The molecule has 7 nitrogen and oxygen atoms in total. The molecule has 116 valence electrons. The van der Waals surface area contributed by atoms with Gasteiger partial charge in [0, 0.05) is 6.42 Å². The van der Waals surface area contributed by atoms with Crippen molar-refractivity contribution < 1.29 is 34.0 Å². The summed E-state index contributed by atoms with van der Waals surface area (Å²) in [6.45, 7) is 4.84. The van der Waals surface area contributed by atoms with Gasteiger partial charge in [0.25, 0.3) is 0 Å². The number of hydrogen-bond donors (Lipinski definition) is 2. The summed E-state index contributed by atoms with van der Waals surface area (Å²) in [5.74, 6) is -1.22. The molecule has 0 unspecified atom stereocenters. The van der Waals surface area contributed by atoms with Crippen LogP contribution in [0.3, 0.4) is 0 Å². The molecule has 2 saturated heterocycles. The minimum absolute atomic E-state index is 0.278. The zero-order valence-electron chi connectivity index (χ0n) is 11.9. The summed E-state index contributed by atoms with van der Waals surface area (Å²) in [6, 6.07) is 0. The third-order valence-electron chi connectivity index (χ3n) is 3.31. The Kier molecular flexibility index (Phi) is 4.66. The van der Waals surface area contributed by atoms with E-state index in [1.54, 1.807) is 13.8 Å². The van der Waals surface area contributed by atoms with Crippen molar-refractivity contribution in [2.45, 2.75) is 70.1 Å². The lowest BCUT2D eigenvalue weighted by Gasteiger charge is -2.27. The quantitative estimate of drug-likeness (QED) is 0.684. The van der Waals surface area contributed by atoms with Gasteiger partial charge in [0.2, 0.25) is 0 Å². The standard InChI is InChI=1S/C13H22O7/c1-4-5-8(16)17-10-9(7(15)6-14)18-12-11(10)19-13(2,3)20-12/h7,9-12,14-15H,4-6H2,1-3H3/t7-,9-,10-,11-,12-/m1/s1. The van der Waals surface area contributed by atoms with Crippen LogP contribution in [0, 0.1) is 0 Å². The number of aliphatic hydroxyl groups excluding tert-OH is 2. The molecule has 2 heterocycles. The fourth-order valence-electron chi connectivity index (χ4n) is 2.47. The number of rotatable bonds is 5. The van der Waals surface area contributed by atoms with E-state index in [0.29, 0.717) is 6.42 Å². The number of ether oxygens (including phenoxy) is 4. The van der Waals surface area contributed by atoms with E-state index < -0.39 is 43.1 Å². The predicted molar refractivity (Wildman–Crippen MR) is 66.6 cm³/mol. The van der Waals surface area contributed by atoms with Gasteiger partial charge in [0.05, 0.1) is 6.61 Å². The lowest BCUT2D eigenvalue weighted by Crippen LogP contribution is -2.45. The average Bonchev–Trinajstić information content (AvgIpc) is 2.82. The van der Waals surface area contributed by atoms with Gasteiger partial charge in [0.1, 0.15) is 12.2 Å². The van der Waals surface area contributed by atoms with Crippen molar-refractivity contribution in [3.63, 3.8) is 0 Å². The summed E-state index contributed by atoms with van der Waals surface area (Å²) in [5, 5.41) is 18.8. The van der Waals surface area contributed by atoms with Crippen LogP contribution in [0.4, 0.5) is 0 Å². The first-order chi connectivity index (χ1) is 9.38. The monoisotopic (exact) mass is 290 g/mol. The molecule has 0 bridgehead atoms. The molecule has 0 aromatic heterocycles. The van der Waals surface area contributed by atoms with Gasteiger partial charge < -0.3 is 29.2 Å². The molecule has 0 aromatic rings. The normalized spacial score (nSPS) is 36.6. The number of fused-ring (bicyclic) bond motifs is 1. The maximum Gasteiger partial charge on any atom is 0.306 e. The number of aliphatic hydroxyl groups is 2. The highest BCUT2D eigenvalue weighted by Gasteiger charge is 2.58. The van der Waals surface area contributed by atoms with Crippen molar-refractivity contribution >= 4 is 5.97 Å². The number of carbonyl (C=O) groups excluding carboxylic acids is 1. The maximum absolute atomic E-state index is 11.7. The summed E-state index contributed by atoms with van der Waals surface area (Å²) in [5.41, 5.74) is 0. The molecular weight excluding hydrogens is 268 g/mol. The van der Waals surface area contributed by atoms with E-state index in [9.17, 15) is 9.90 Å². The third kappa shape index (κ3) is 3.12. The Morgan fingerprint density at radius 3 is 2.70 bits per heavy atom. The van der Waals surface area contributed by atoms with Crippen molar-refractivity contribution in [1.29, 1.82) is 0 Å². The van der Waals surface area contributed by atoms with Gasteiger partial charge in [-0.25, -0.2) is 0 Å². The Labute approximate surface area is 117 Å². The van der Waals surface area contributed by atoms with E-state index in [4.69, 9.17) is 24.1 Å². The Hall–Kier alpha value is -0.730. The molecule has 2 rings (SSSR count). The first-order valence-electron chi connectivity index (χ1n) is 6.87. The minimum atomic E-state index is -1.16. The van der Waals surface area contributed by atoms with Crippen LogP contribution in [-0.4, -0.2) is 59.3 Å². The lowest BCUT2D eigenvalue weighted by atomic mass is 10.1. The Morgan fingerprint density at radius 1 is 1.40 bits per heavy atom. The Morgan fingerprint density at radius 2 is 2.10 bits per heavy atom. The lowest BCUT2D eigenvalue weighted by molar-refractivity contribution is -0.231. The number of carbonyl (C=O) groups is 1. The summed E-state index contributed by atoms with van der Waals surface area (Å²) in [7, 11) is 0. The van der Waals surface area contributed by atoms with Crippen LogP contribution in [0.15, 0.2) is 0 Å². The summed E-state index contributed by atoms with van der Waals surface area (Å²) in [6.07, 6.45) is -3.17. The molecule has 0 radical (unpaired) electrons. The van der Waals surface area contributed by atoms with Crippen LogP contribution in [-0.2, 0) is 23.7 Å². The summed E-state index contributed by atoms with van der Waals surface area (Å²) in [4.78, 5) is 11.7. The first kappa shape index (κ1) is 15.7. The minimum Gasteiger partial charge on any atom is -0.456 e. The molecule has 2 N–H and O–H groups in total. The molecule has 0 aromatic carbocycles. The molecule has 5 atom stereocenters. The van der Waals surface area contributed by atoms with Gasteiger partial charge in [-0.15, -0.1) is 0 Å². The maximum atomic E-state index is 11.7. The summed E-state index contributed by atoms with van der Waals surface area (Å²) < 4.78 is 22.1. The van der Waals surface area contributed by atoms with E-state index in [1.807, 2.05) is 6.92 Å². The van der Waals surface area contributed by atoms with E-state index in [-0.39, 0.29) is 12.4 Å². The van der Waals surface area contributed by atoms with Gasteiger partial charge >= 0.3 is 5.97 Å². The highest BCUT2D eigenvalue weighted by atomic mass is 16.8. The van der Waals surface area contributed by atoms with E-state index in [1.165, 1.54) is 0 Å². The Bertz CT molecular complexity index is 357. The van der Waals surface area contributed by atoms with E-state index in [2.05, 4.69) is 0 Å². The highest BCUT2D eigenvalue weighted by Crippen LogP contribution is 2.39. The smallest absolute Gasteiger partial charge is 0.306 e. The van der Waals surface area contributed by atoms with Gasteiger partial charge in [0.15, 0.2) is 24.3 Å². The van der Waals surface area contributed by atoms with Gasteiger partial charge in [-0.3, -0.25) is 4.79 Å². The van der Waals surface area contributed by atoms with Crippen molar-refractivity contribution in [3.8, 4) is 0 Å². The predicted octanol–water partition coefficient (Wildman–Crippen LogP) is -0.0721. The molecule has 20 heavy (non-hydrogen) atoms. The van der Waals surface area contributed by atoms with Crippen molar-refractivity contribution in [2.75, 3.05) is 6.61 Å². The molecule has 0 saturated carbocycles. The van der Waals surface area contributed by atoms with Gasteiger partial charge in [-0.2, -0.15) is 0 Å². The average molecular weight is 290 g/mol. The largest absolute Gasteiger partial charge is 0.456 e. The second-order valence-electron chi connectivity index (χ2n) is 5.52. The molecule has 0 amide bonds. The molecule has 0 aliphatic carbocycles. The number of esters is 1. The SMILES string of the molecule is CCCC(=O)O[C@H]1[C@H]2OC(C)(C)O[C@H]2O[C@@H]1[C@H](O)CO. The van der Waals surface area contributed by atoms with Gasteiger partial charge in [-0.1, -0.05) is 6.92 Å². The van der Waals surface area contributed by atoms with Crippen molar-refractivity contribution in [3.05, 3.63) is 0 Å². The van der Waals surface area contributed by atoms with Crippen LogP contribution in [0.5, 0.6) is 0 Å². The zero-order valence-corrected chi connectivity index (χ0v) is 11.9. The molecule has 2 fully saturated rings. The van der Waals surface area contributed by atoms with Crippen LogP contribution in [0.1, 0.15) is 33.6 Å². The van der Waals surface area contributed by atoms with Crippen LogP contribution in [0.2, 0.25) is 0 Å². The summed E-state index contributed by atoms with van der Waals surface area (Å²) >= 11 is 0. The molecule has 0 spiro atoms. The zero-order chi connectivity index (χ0) is 14.9. The van der Waals surface area contributed by atoms with Crippen molar-refractivity contribution in [2.24, 2.45) is 0 Å².